The molecule has 1 unspecified atom stereocenters. The van der Waals surface area contributed by atoms with Crippen LogP contribution in [0.25, 0.3) is 0 Å². The second-order valence-electron chi connectivity index (χ2n) is 7.95. The third-order valence-electron chi connectivity index (χ3n) is 5.52. The van der Waals surface area contributed by atoms with Gasteiger partial charge in [-0.2, -0.15) is 0 Å². The molecule has 9 heteroatoms. The summed E-state index contributed by atoms with van der Waals surface area (Å²) in [5.74, 6) is 1.14. The molecule has 0 spiro atoms. The van der Waals surface area contributed by atoms with Gasteiger partial charge in [-0.15, -0.1) is 0 Å². The van der Waals surface area contributed by atoms with Crippen LogP contribution in [0, 0.1) is 0 Å². The normalized spacial score (nSPS) is 15.8. The zero-order valence-electron chi connectivity index (χ0n) is 18.8. The largest absolute Gasteiger partial charge is 0.497 e. The molecular formula is C25H25ClN2O5S. The number of nitrogens with one attached hydrogen (secondary N) is 1. The second-order valence-corrected chi connectivity index (χ2v) is 10.1. The maximum Gasteiger partial charge on any atom is 0.264 e. The van der Waals surface area contributed by atoms with Crippen molar-refractivity contribution in [3.8, 4) is 11.5 Å². The zero-order chi connectivity index (χ0) is 24.3. The first-order chi connectivity index (χ1) is 16.3. The summed E-state index contributed by atoms with van der Waals surface area (Å²) in [4.78, 5) is 15.0. The third-order valence-corrected chi connectivity index (χ3v) is 7.13. The van der Waals surface area contributed by atoms with E-state index in [-0.39, 0.29) is 17.3 Å². The third kappa shape index (κ3) is 5.29. The summed E-state index contributed by atoms with van der Waals surface area (Å²) >= 11 is 5.96. The molecule has 1 aliphatic rings. The van der Waals surface area contributed by atoms with E-state index in [4.69, 9.17) is 21.1 Å². The zero-order valence-corrected chi connectivity index (χ0v) is 20.4. The molecule has 1 aliphatic heterocycles. The minimum absolute atomic E-state index is 0.0621. The van der Waals surface area contributed by atoms with Gasteiger partial charge in [0.15, 0.2) is 6.10 Å². The Balaban J connectivity index is 1.63. The van der Waals surface area contributed by atoms with Crippen LogP contribution in [0.1, 0.15) is 24.5 Å². The maximum atomic E-state index is 13.2. The van der Waals surface area contributed by atoms with E-state index in [2.05, 4.69) is 4.72 Å². The SMILES string of the molecule is CCC1Oc2ccc(NS(=O)(=O)c3cccc(Cl)c3)cc2CN(Cc2cccc(OC)c2)C1=O. The monoisotopic (exact) mass is 500 g/mol. The highest BCUT2D eigenvalue weighted by Gasteiger charge is 2.30. The Hall–Kier alpha value is -3.23. The van der Waals surface area contributed by atoms with Gasteiger partial charge in [-0.3, -0.25) is 9.52 Å². The van der Waals surface area contributed by atoms with Gasteiger partial charge in [0.2, 0.25) is 0 Å². The number of hydrogen-bond acceptors (Lipinski definition) is 5. The van der Waals surface area contributed by atoms with Gasteiger partial charge < -0.3 is 14.4 Å². The van der Waals surface area contributed by atoms with Crippen molar-refractivity contribution < 1.29 is 22.7 Å². The molecule has 0 saturated heterocycles. The number of nitrogens with zero attached hydrogens (tertiary/aromatic N) is 1. The van der Waals surface area contributed by atoms with E-state index in [1.54, 1.807) is 42.3 Å². The van der Waals surface area contributed by atoms with Gasteiger partial charge in [0.25, 0.3) is 15.9 Å². The van der Waals surface area contributed by atoms with Gasteiger partial charge in [0.1, 0.15) is 11.5 Å². The molecule has 0 saturated carbocycles. The molecule has 3 aromatic rings. The standard InChI is InChI=1S/C25H25ClN2O5S/c1-3-23-25(29)28(15-17-6-4-8-21(12-17)32-2)16-18-13-20(10-11-24(18)33-23)27-34(30,31)22-9-5-7-19(26)14-22/h4-14,23,27H,3,15-16H2,1-2H3. The van der Waals surface area contributed by atoms with Crippen molar-refractivity contribution in [1.82, 2.24) is 4.90 Å². The van der Waals surface area contributed by atoms with Crippen LogP contribution >= 0.6 is 11.6 Å². The number of fused-ring (bicyclic) bond motifs is 1. The van der Waals surface area contributed by atoms with Gasteiger partial charge in [0.05, 0.1) is 12.0 Å². The predicted molar refractivity (Wildman–Crippen MR) is 131 cm³/mol. The Morgan fingerprint density at radius 1 is 1.12 bits per heavy atom. The maximum absolute atomic E-state index is 13.2. The number of hydrogen-bond donors (Lipinski definition) is 1. The Kier molecular flexibility index (Phi) is 7.00. The van der Waals surface area contributed by atoms with Crippen LogP contribution in [0.2, 0.25) is 5.02 Å². The van der Waals surface area contributed by atoms with Crippen LogP contribution in [-0.2, 0) is 27.9 Å². The van der Waals surface area contributed by atoms with Crippen molar-refractivity contribution in [2.75, 3.05) is 11.8 Å². The molecule has 178 valence electrons. The molecule has 7 nitrogen and oxygen atoms in total. The molecule has 3 aromatic carbocycles. The van der Waals surface area contributed by atoms with E-state index in [1.807, 2.05) is 31.2 Å². The number of sulfonamides is 1. The second kappa shape index (κ2) is 9.95. The summed E-state index contributed by atoms with van der Waals surface area (Å²) in [6.07, 6.45) is -0.114. The number of rotatable bonds is 7. The van der Waals surface area contributed by atoms with Gasteiger partial charge in [-0.1, -0.05) is 36.7 Å². The molecule has 4 rings (SSSR count). The minimum atomic E-state index is -3.84. The summed E-state index contributed by atoms with van der Waals surface area (Å²) in [5.41, 5.74) is 1.99. The van der Waals surface area contributed by atoms with Crippen molar-refractivity contribution in [3.05, 3.63) is 82.9 Å². The fourth-order valence-electron chi connectivity index (χ4n) is 3.80. The summed E-state index contributed by atoms with van der Waals surface area (Å²) in [6.45, 7) is 2.53. The van der Waals surface area contributed by atoms with Crippen LogP contribution in [0.3, 0.4) is 0 Å². The Bertz CT molecular complexity index is 1310. The molecule has 0 fully saturated rings. The van der Waals surface area contributed by atoms with Crippen molar-refractivity contribution in [1.29, 1.82) is 0 Å². The van der Waals surface area contributed by atoms with Crippen LogP contribution in [0.5, 0.6) is 11.5 Å². The smallest absolute Gasteiger partial charge is 0.264 e. The quantitative estimate of drug-likeness (QED) is 0.501. The summed E-state index contributed by atoms with van der Waals surface area (Å²) in [6, 6.07) is 18.6. The Morgan fingerprint density at radius 2 is 1.91 bits per heavy atom. The van der Waals surface area contributed by atoms with Gasteiger partial charge in [-0.05, 0) is 60.5 Å². The molecule has 0 aliphatic carbocycles. The topological polar surface area (TPSA) is 84.9 Å². The highest BCUT2D eigenvalue weighted by atomic mass is 35.5. The first-order valence-electron chi connectivity index (χ1n) is 10.8. The van der Waals surface area contributed by atoms with Gasteiger partial charge >= 0.3 is 0 Å². The summed E-state index contributed by atoms with van der Waals surface area (Å²) < 4.78 is 39.5. The molecule has 34 heavy (non-hydrogen) atoms. The van der Waals surface area contributed by atoms with E-state index < -0.39 is 16.1 Å². The fraction of sp³-hybridized carbons (Fsp3) is 0.240. The lowest BCUT2D eigenvalue weighted by molar-refractivity contribution is -0.139. The number of ether oxygens (including phenoxy) is 2. The first kappa shape index (κ1) is 23.9. The highest BCUT2D eigenvalue weighted by molar-refractivity contribution is 7.92. The number of carbonyl (C=O) groups is 1. The molecule has 0 radical (unpaired) electrons. The summed E-state index contributed by atoms with van der Waals surface area (Å²) in [7, 11) is -2.24. The highest BCUT2D eigenvalue weighted by Crippen LogP contribution is 2.31. The van der Waals surface area contributed by atoms with Crippen LogP contribution < -0.4 is 14.2 Å². The van der Waals surface area contributed by atoms with E-state index in [0.717, 1.165) is 5.56 Å². The number of carbonyl (C=O) groups excluding carboxylic acids is 1. The lowest BCUT2D eigenvalue weighted by Crippen LogP contribution is -2.38. The van der Waals surface area contributed by atoms with Crippen LogP contribution in [-0.4, -0.2) is 32.4 Å². The minimum Gasteiger partial charge on any atom is -0.497 e. The van der Waals surface area contributed by atoms with Crippen LogP contribution in [0.15, 0.2) is 71.6 Å². The number of halogens is 1. The Labute approximate surface area is 204 Å². The Morgan fingerprint density at radius 3 is 2.65 bits per heavy atom. The molecule has 1 amide bonds. The van der Waals surface area contributed by atoms with E-state index >= 15 is 0 Å². The predicted octanol–water partition coefficient (Wildman–Crippen LogP) is 4.85. The number of methoxy groups -OCH3 is 1. The van der Waals surface area contributed by atoms with Crippen molar-refractivity contribution in [2.24, 2.45) is 0 Å². The van der Waals surface area contributed by atoms with Crippen molar-refractivity contribution in [3.63, 3.8) is 0 Å². The van der Waals surface area contributed by atoms with Gasteiger partial charge in [0, 0.05) is 29.4 Å². The lowest BCUT2D eigenvalue weighted by atomic mass is 10.1. The molecule has 0 aromatic heterocycles. The number of benzene rings is 3. The average molecular weight is 501 g/mol. The summed E-state index contributed by atoms with van der Waals surface area (Å²) in [5, 5.41) is 0.329. The molecule has 0 bridgehead atoms. The average Bonchev–Trinajstić information content (AvgIpc) is 2.95. The lowest BCUT2D eigenvalue weighted by Gasteiger charge is -2.23. The molecule has 1 atom stereocenters. The van der Waals surface area contributed by atoms with Crippen molar-refractivity contribution >= 4 is 33.2 Å². The molecule has 1 N–H and O–H groups in total. The molecule has 1 heterocycles. The number of anilines is 1. The molecular weight excluding hydrogens is 476 g/mol. The number of amides is 1. The van der Waals surface area contributed by atoms with E-state index in [1.165, 1.54) is 12.1 Å². The van der Waals surface area contributed by atoms with Crippen LogP contribution in [0.4, 0.5) is 5.69 Å². The first-order valence-corrected chi connectivity index (χ1v) is 12.6. The van der Waals surface area contributed by atoms with Crippen molar-refractivity contribution in [2.45, 2.75) is 37.4 Å². The van der Waals surface area contributed by atoms with E-state index in [9.17, 15) is 13.2 Å². The van der Waals surface area contributed by atoms with E-state index in [0.29, 0.717) is 40.7 Å². The van der Waals surface area contributed by atoms with Gasteiger partial charge in [-0.25, -0.2) is 8.42 Å². The fourth-order valence-corrected chi connectivity index (χ4v) is 5.15.